The molecular formula is C19H29N5O2. The molecule has 7 heteroatoms. The summed E-state index contributed by atoms with van der Waals surface area (Å²) in [5.41, 5.74) is 5.47. The third-order valence-corrected chi connectivity index (χ3v) is 5.46. The molecule has 1 aliphatic rings. The van der Waals surface area contributed by atoms with Gasteiger partial charge in [0.1, 0.15) is 5.76 Å². The van der Waals surface area contributed by atoms with Crippen molar-refractivity contribution in [1.29, 1.82) is 0 Å². The second-order valence-electron chi connectivity index (χ2n) is 7.36. The Morgan fingerprint density at radius 2 is 2.00 bits per heavy atom. The maximum absolute atomic E-state index is 12.4. The van der Waals surface area contributed by atoms with Crippen molar-refractivity contribution in [2.24, 2.45) is 7.05 Å². The smallest absolute Gasteiger partial charge is 0.220 e. The van der Waals surface area contributed by atoms with Crippen LogP contribution in [0.25, 0.3) is 0 Å². The minimum absolute atomic E-state index is 0.122. The van der Waals surface area contributed by atoms with E-state index in [2.05, 4.69) is 27.4 Å². The molecule has 26 heavy (non-hydrogen) atoms. The number of nitrogens with one attached hydrogen (secondary N) is 1. The van der Waals surface area contributed by atoms with E-state index in [0.717, 1.165) is 55.3 Å². The Morgan fingerprint density at radius 1 is 1.23 bits per heavy atom. The number of carbonyl (C=O) groups excluding carboxylic acids is 1. The number of aryl methyl sites for hydroxylation is 4. The molecule has 0 spiro atoms. The first-order valence-electron chi connectivity index (χ1n) is 9.27. The third-order valence-electron chi connectivity index (χ3n) is 5.46. The van der Waals surface area contributed by atoms with Gasteiger partial charge in [-0.3, -0.25) is 14.4 Å². The van der Waals surface area contributed by atoms with E-state index < -0.39 is 0 Å². The molecule has 0 aromatic carbocycles. The molecule has 1 atom stereocenters. The zero-order chi connectivity index (χ0) is 18.8. The Labute approximate surface area is 154 Å². The minimum atomic E-state index is 0.122. The highest BCUT2D eigenvalue weighted by Gasteiger charge is 2.25. The first kappa shape index (κ1) is 18.6. The second-order valence-corrected chi connectivity index (χ2v) is 7.36. The predicted octanol–water partition coefficient (Wildman–Crippen LogP) is 1.97. The summed E-state index contributed by atoms with van der Waals surface area (Å²) in [5.74, 6) is 1.01. The van der Waals surface area contributed by atoms with E-state index in [9.17, 15) is 4.79 Å². The van der Waals surface area contributed by atoms with Crippen molar-refractivity contribution in [2.75, 3.05) is 13.1 Å². The predicted molar refractivity (Wildman–Crippen MR) is 98.8 cm³/mol. The van der Waals surface area contributed by atoms with Crippen molar-refractivity contribution in [3.05, 3.63) is 34.0 Å². The van der Waals surface area contributed by atoms with Crippen LogP contribution in [-0.2, 0) is 24.8 Å². The van der Waals surface area contributed by atoms with Gasteiger partial charge in [0.15, 0.2) is 0 Å². The molecule has 0 unspecified atom stereocenters. The molecule has 1 N–H and O–H groups in total. The largest absolute Gasteiger partial charge is 0.361 e. The number of carbonyl (C=O) groups is 1. The lowest BCUT2D eigenvalue weighted by Gasteiger charge is -2.16. The molecule has 142 valence electrons. The van der Waals surface area contributed by atoms with E-state index in [1.165, 1.54) is 11.1 Å². The zero-order valence-electron chi connectivity index (χ0n) is 16.4. The van der Waals surface area contributed by atoms with Gasteiger partial charge in [0, 0.05) is 50.4 Å². The van der Waals surface area contributed by atoms with Crippen LogP contribution in [0.1, 0.15) is 46.8 Å². The van der Waals surface area contributed by atoms with Crippen molar-refractivity contribution in [3.63, 3.8) is 0 Å². The van der Waals surface area contributed by atoms with Gasteiger partial charge in [-0.25, -0.2) is 0 Å². The summed E-state index contributed by atoms with van der Waals surface area (Å²) < 4.78 is 7.12. The van der Waals surface area contributed by atoms with Crippen molar-refractivity contribution >= 4 is 5.91 Å². The average molecular weight is 359 g/mol. The standard InChI is InChI=1S/C19H29N5O2/c1-12-17(14(3)23(5)21-12)6-7-19(25)20-16-8-9-24(10-16)11-18-13(2)22-26-15(18)4/h16H,6-11H2,1-5H3,(H,20,25)/t16-/m1/s1. The Kier molecular flexibility index (Phi) is 5.46. The number of hydrogen-bond donors (Lipinski definition) is 1. The quantitative estimate of drug-likeness (QED) is 0.853. The fraction of sp³-hybridized carbons (Fsp3) is 0.632. The Balaban J connectivity index is 1.47. The second kappa shape index (κ2) is 7.61. The highest BCUT2D eigenvalue weighted by Crippen LogP contribution is 2.19. The van der Waals surface area contributed by atoms with Gasteiger partial charge in [0.2, 0.25) is 5.91 Å². The minimum Gasteiger partial charge on any atom is -0.361 e. The van der Waals surface area contributed by atoms with Crippen molar-refractivity contribution in [3.8, 4) is 0 Å². The molecule has 2 aromatic heterocycles. The van der Waals surface area contributed by atoms with Gasteiger partial charge in [-0.1, -0.05) is 5.16 Å². The summed E-state index contributed by atoms with van der Waals surface area (Å²) >= 11 is 0. The van der Waals surface area contributed by atoms with Gasteiger partial charge < -0.3 is 9.84 Å². The summed E-state index contributed by atoms with van der Waals surface area (Å²) in [6.07, 6.45) is 2.24. The van der Waals surface area contributed by atoms with Gasteiger partial charge in [0.05, 0.1) is 11.4 Å². The fourth-order valence-electron chi connectivity index (χ4n) is 3.76. The van der Waals surface area contributed by atoms with Crippen LogP contribution in [0.5, 0.6) is 0 Å². The summed E-state index contributed by atoms with van der Waals surface area (Å²) in [6, 6.07) is 0.221. The van der Waals surface area contributed by atoms with Crippen LogP contribution in [0, 0.1) is 27.7 Å². The lowest BCUT2D eigenvalue weighted by Crippen LogP contribution is -2.37. The number of aromatic nitrogens is 3. The molecule has 1 aliphatic heterocycles. The molecule has 0 aliphatic carbocycles. The monoisotopic (exact) mass is 359 g/mol. The first-order chi connectivity index (χ1) is 12.3. The van der Waals surface area contributed by atoms with E-state index in [-0.39, 0.29) is 11.9 Å². The third kappa shape index (κ3) is 3.98. The molecule has 1 amide bonds. The van der Waals surface area contributed by atoms with Crippen LogP contribution in [0.2, 0.25) is 0 Å². The van der Waals surface area contributed by atoms with Gasteiger partial charge >= 0.3 is 0 Å². The van der Waals surface area contributed by atoms with Crippen LogP contribution in [0.15, 0.2) is 4.52 Å². The number of nitrogens with zero attached hydrogens (tertiary/aromatic N) is 4. The molecular weight excluding hydrogens is 330 g/mol. The van der Waals surface area contributed by atoms with Crippen LogP contribution < -0.4 is 5.32 Å². The summed E-state index contributed by atoms with van der Waals surface area (Å²) in [5, 5.41) is 11.6. The lowest BCUT2D eigenvalue weighted by atomic mass is 10.1. The molecule has 0 saturated carbocycles. The normalized spacial score (nSPS) is 17.8. The average Bonchev–Trinajstić information content (AvgIpc) is 3.22. The molecule has 3 heterocycles. The SMILES string of the molecule is Cc1noc(C)c1CN1CC[C@@H](NC(=O)CCc2c(C)nn(C)c2C)C1. The molecule has 2 aromatic rings. The van der Waals surface area contributed by atoms with Gasteiger partial charge in [-0.15, -0.1) is 0 Å². The van der Waals surface area contributed by atoms with Crippen molar-refractivity contribution < 1.29 is 9.32 Å². The van der Waals surface area contributed by atoms with Crippen LogP contribution in [0.3, 0.4) is 0 Å². The zero-order valence-corrected chi connectivity index (χ0v) is 16.4. The van der Waals surface area contributed by atoms with E-state index in [1.807, 2.05) is 32.5 Å². The van der Waals surface area contributed by atoms with Crippen LogP contribution in [-0.4, -0.2) is 44.9 Å². The maximum Gasteiger partial charge on any atom is 0.220 e. The molecule has 0 bridgehead atoms. The van der Waals surface area contributed by atoms with Gasteiger partial charge in [-0.05, 0) is 46.1 Å². The fourth-order valence-corrected chi connectivity index (χ4v) is 3.76. The highest BCUT2D eigenvalue weighted by molar-refractivity contribution is 5.76. The molecule has 3 rings (SSSR count). The Bertz CT molecular complexity index is 773. The van der Waals surface area contributed by atoms with E-state index in [0.29, 0.717) is 6.42 Å². The van der Waals surface area contributed by atoms with E-state index in [4.69, 9.17) is 4.52 Å². The van der Waals surface area contributed by atoms with E-state index in [1.54, 1.807) is 0 Å². The van der Waals surface area contributed by atoms with Crippen molar-refractivity contribution in [1.82, 2.24) is 25.2 Å². The lowest BCUT2D eigenvalue weighted by molar-refractivity contribution is -0.121. The molecule has 0 radical (unpaired) electrons. The van der Waals surface area contributed by atoms with Crippen LogP contribution >= 0.6 is 0 Å². The van der Waals surface area contributed by atoms with Gasteiger partial charge in [-0.2, -0.15) is 5.10 Å². The first-order valence-corrected chi connectivity index (χ1v) is 9.27. The van der Waals surface area contributed by atoms with Crippen LogP contribution in [0.4, 0.5) is 0 Å². The highest BCUT2D eigenvalue weighted by atomic mass is 16.5. The van der Waals surface area contributed by atoms with Crippen molar-refractivity contribution in [2.45, 2.75) is 59.5 Å². The van der Waals surface area contributed by atoms with Gasteiger partial charge in [0.25, 0.3) is 0 Å². The topological polar surface area (TPSA) is 76.2 Å². The number of hydrogen-bond acceptors (Lipinski definition) is 5. The summed E-state index contributed by atoms with van der Waals surface area (Å²) in [7, 11) is 1.94. The molecule has 7 nitrogen and oxygen atoms in total. The molecule has 1 saturated heterocycles. The number of likely N-dealkylation sites (tertiary alicyclic amines) is 1. The number of amides is 1. The Morgan fingerprint density at radius 3 is 2.62 bits per heavy atom. The summed E-state index contributed by atoms with van der Waals surface area (Å²) in [6.45, 7) is 10.7. The van der Waals surface area contributed by atoms with E-state index >= 15 is 0 Å². The Hall–Kier alpha value is -2.15. The molecule has 1 fully saturated rings. The summed E-state index contributed by atoms with van der Waals surface area (Å²) in [4.78, 5) is 14.7. The number of rotatable bonds is 6. The maximum atomic E-state index is 12.4.